The molecule has 0 aliphatic heterocycles. The van der Waals surface area contributed by atoms with Gasteiger partial charge < -0.3 is 4.74 Å². The van der Waals surface area contributed by atoms with Crippen LogP contribution in [-0.2, 0) is 9.53 Å². The molecule has 2 heteroatoms. The van der Waals surface area contributed by atoms with E-state index in [4.69, 9.17) is 0 Å². The lowest BCUT2D eigenvalue weighted by atomic mass is 10.4. The summed E-state index contributed by atoms with van der Waals surface area (Å²) in [5.74, 6) is -0.431. The van der Waals surface area contributed by atoms with Crippen LogP contribution in [0.15, 0.2) is 25.0 Å². The summed E-state index contributed by atoms with van der Waals surface area (Å²) in [7, 11) is 0. The SMILES string of the molecule is C=COC(=O)C(=C)C.[CH3]. The second-order valence-corrected chi connectivity index (χ2v) is 1.35. The average Bonchev–Trinajstić information content (AvgIpc) is 1.67. The van der Waals surface area contributed by atoms with Gasteiger partial charge in [-0.05, 0) is 6.92 Å². The molecule has 0 aliphatic carbocycles. The van der Waals surface area contributed by atoms with E-state index in [0.29, 0.717) is 5.57 Å². The van der Waals surface area contributed by atoms with Crippen LogP contribution in [-0.4, -0.2) is 5.97 Å². The molecule has 0 spiro atoms. The zero-order chi connectivity index (χ0) is 6.57. The Labute approximate surface area is 55.8 Å². The van der Waals surface area contributed by atoms with Crippen molar-refractivity contribution in [1.82, 2.24) is 0 Å². The first-order chi connectivity index (χ1) is 3.68. The quantitative estimate of drug-likeness (QED) is 0.320. The van der Waals surface area contributed by atoms with Crippen molar-refractivity contribution >= 4 is 5.97 Å². The van der Waals surface area contributed by atoms with Crippen LogP contribution in [0.25, 0.3) is 0 Å². The summed E-state index contributed by atoms with van der Waals surface area (Å²) in [6.45, 7) is 8.13. The van der Waals surface area contributed by atoms with E-state index < -0.39 is 5.97 Å². The molecule has 0 fully saturated rings. The lowest BCUT2D eigenvalue weighted by Crippen LogP contribution is -1.98. The minimum atomic E-state index is -0.431. The number of carbonyl (C=O) groups excluding carboxylic acids is 1. The van der Waals surface area contributed by atoms with Gasteiger partial charge in [-0.25, -0.2) is 4.79 Å². The smallest absolute Gasteiger partial charge is 0.337 e. The molecule has 51 valence electrons. The molecule has 1 radical (unpaired) electrons. The van der Waals surface area contributed by atoms with Gasteiger partial charge in [0.2, 0.25) is 0 Å². The molecule has 9 heavy (non-hydrogen) atoms. The molecule has 0 N–H and O–H groups in total. The first-order valence-corrected chi connectivity index (χ1v) is 2.16. The van der Waals surface area contributed by atoms with Crippen molar-refractivity contribution in [3.05, 3.63) is 32.4 Å². The van der Waals surface area contributed by atoms with Gasteiger partial charge in [0.15, 0.2) is 0 Å². The molecule has 0 aromatic rings. The Morgan fingerprint density at radius 3 is 2.22 bits per heavy atom. The molecule has 0 heterocycles. The number of ether oxygens (including phenoxy) is 1. The summed E-state index contributed by atoms with van der Waals surface area (Å²) >= 11 is 0. The largest absolute Gasteiger partial charge is 0.432 e. The van der Waals surface area contributed by atoms with E-state index in [1.54, 1.807) is 6.92 Å². The van der Waals surface area contributed by atoms with Crippen molar-refractivity contribution in [2.24, 2.45) is 0 Å². The van der Waals surface area contributed by atoms with Crippen LogP contribution in [0.2, 0.25) is 0 Å². The summed E-state index contributed by atoms with van der Waals surface area (Å²) in [6.07, 6.45) is 1.08. The predicted octanol–water partition coefficient (Wildman–Crippen LogP) is 1.70. The second-order valence-electron chi connectivity index (χ2n) is 1.35. The Bertz CT molecular complexity index is 125. The average molecular weight is 127 g/mol. The fraction of sp³-hybridized carbons (Fsp3) is 0.143. The number of rotatable bonds is 2. The highest BCUT2D eigenvalue weighted by molar-refractivity contribution is 5.87. The molecule has 0 amide bonds. The molecule has 0 aliphatic rings. The van der Waals surface area contributed by atoms with E-state index in [-0.39, 0.29) is 7.43 Å². The third kappa shape index (κ3) is 4.81. The van der Waals surface area contributed by atoms with Crippen LogP contribution < -0.4 is 0 Å². The van der Waals surface area contributed by atoms with Crippen molar-refractivity contribution in [3.63, 3.8) is 0 Å². The monoisotopic (exact) mass is 127 g/mol. The highest BCUT2D eigenvalue weighted by atomic mass is 16.5. The second kappa shape index (κ2) is 5.09. The zero-order valence-electron chi connectivity index (χ0n) is 5.81. The predicted molar refractivity (Wildman–Crippen MR) is 37.5 cm³/mol. The van der Waals surface area contributed by atoms with E-state index in [0.717, 1.165) is 6.26 Å². The number of carbonyl (C=O) groups is 1. The van der Waals surface area contributed by atoms with Crippen molar-refractivity contribution < 1.29 is 9.53 Å². The summed E-state index contributed by atoms with van der Waals surface area (Å²) < 4.78 is 4.33. The summed E-state index contributed by atoms with van der Waals surface area (Å²) in [5, 5.41) is 0. The third-order valence-electron chi connectivity index (χ3n) is 0.539. The fourth-order valence-electron chi connectivity index (χ4n) is 0.176. The van der Waals surface area contributed by atoms with Crippen LogP contribution in [0, 0.1) is 7.43 Å². The Kier molecular flexibility index (Phi) is 6.14. The molecule has 0 bridgehead atoms. The zero-order valence-corrected chi connectivity index (χ0v) is 5.81. The summed E-state index contributed by atoms with van der Waals surface area (Å²) in [4.78, 5) is 10.3. The molecular formula is C7H11O2. The lowest BCUT2D eigenvalue weighted by molar-refractivity contribution is -0.133. The summed E-state index contributed by atoms with van der Waals surface area (Å²) in [6, 6.07) is 0. The van der Waals surface area contributed by atoms with Crippen LogP contribution >= 0.6 is 0 Å². The minimum Gasteiger partial charge on any atom is -0.432 e. The normalized spacial score (nSPS) is 6.78. The van der Waals surface area contributed by atoms with Crippen molar-refractivity contribution in [1.29, 1.82) is 0 Å². The van der Waals surface area contributed by atoms with Gasteiger partial charge in [0.25, 0.3) is 0 Å². The van der Waals surface area contributed by atoms with Crippen LogP contribution in [0.4, 0.5) is 0 Å². The van der Waals surface area contributed by atoms with Crippen LogP contribution in [0.1, 0.15) is 6.92 Å². The van der Waals surface area contributed by atoms with Gasteiger partial charge in [0.1, 0.15) is 0 Å². The highest BCUT2D eigenvalue weighted by Crippen LogP contribution is 1.90. The van der Waals surface area contributed by atoms with E-state index >= 15 is 0 Å². The van der Waals surface area contributed by atoms with E-state index in [9.17, 15) is 4.79 Å². The molecule has 0 saturated carbocycles. The molecule has 0 aromatic heterocycles. The number of hydrogen-bond acceptors (Lipinski definition) is 2. The highest BCUT2D eigenvalue weighted by Gasteiger charge is 1.97. The third-order valence-corrected chi connectivity index (χ3v) is 0.539. The standard InChI is InChI=1S/C6H8O2.CH3/c1-4-8-6(7)5(2)3;/h4H,1-2H2,3H3;1H3. The molecular weight excluding hydrogens is 116 g/mol. The Morgan fingerprint density at radius 2 is 2.11 bits per heavy atom. The van der Waals surface area contributed by atoms with Crippen LogP contribution in [0.5, 0.6) is 0 Å². The van der Waals surface area contributed by atoms with Gasteiger partial charge in [-0.15, -0.1) is 0 Å². The molecule has 0 unspecified atom stereocenters. The number of hydrogen-bond donors (Lipinski definition) is 0. The van der Waals surface area contributed by atoms with Crippen molar-refractivity contribution in [2.75, 3.05) is 0 Å². The Balaban J connectivity index is 0. The maximum absolute atomic E-state index is 10.3. The molecule has 0 atom stereocenters. The molecule has 0 rings (SSSR count). The number of esters is 1. The van der Waals surface area contributed by atoms with E-state index in [1.807, 2.05) is 0 Å². The first-order valence-electron chi connectivity index (χ1n) is 2.16. The van der Waals surface area contributed by atoms with Gasteiger partial charge in [-0.1, -0.05) is 20.6 Å². The van der Waals surface area contributed by atoms with Crippen LogP contribution in [0.3, 0.4) is 0 Å². The maximum atomic E-state index is 10.3. The van der Waals surface area contributed by atoms with Crippen molar-refractivity contribution in [3.8, 4) is 0 Å². The van der Waals surface area contributed by atoms with Gasteiger partial charge in [0, 0.05) is 5.57 Å². The Morgan fingerprint density at radius 1 is 1.67 bits per heavy atom. The molecule has 0 saturated heterocycles. The fourth-order valence-corrected chi connectivity index (χ4v) is 0.176. The lowest BCUT2D eigenvalue weighted by Gasteiger charge is -1.92. The van der Waals surface area contributed by atoms with E-state index in [1.165, 1.54) is 0 Å². The van der Waals surface area contributed by atoms with Gasteiger partial charge >= 0.3 is 5.97 Å². The molecule has 2 nitrogen and oxygen atoms in total. The van der Waals surface area contributed by atoms with E-state index in [2.05, 4.69) is 17.9 Å². The molecule has 0 aromatic carbocycles. The van der Waals surface area contributed by atoms with Gasteiger partial charge in [-0.3, -0.25) is 0 Å². The summed E-state index contributed by atoms with van der Waals surface area (Å²) in [5.41, 5.74) is 0.380. The van der Waals surface area contributed by atoms with Gasteiger partial charge in [-0.2, -0.15) is 0 Å². The maximum Gasteiger partial charge on any atom is 0.337 e. The van der Waals surface area contributed by atoms with Gasteiger partial charge in [0.05, 0.1) is 6.26 Å². The minimum absolute atomic E-state index is 0. The van der Waals surface area contributed by atoms with Crippen molar-refractivity contribution in [2.45, 2.75) is 6.92 Å². The first kappa shape index (κ1) is 10.8. The topological polar surface area (TPSA) is 26.3 Å². The Hall–Kier alpha value is -1.05.